The van der Waals surface area contributed by atoms with Crippen molar-refractivity contribution in [2.24, 2.45) is 0 Å². The smallest absolute Gasteiger partial charge is 0.259 e. The van der Waals surface area contributed by atoms with E-state index in [0.29, 0.717) is 32.4 Å². The number of ether oxygens (including phenoxy) is 2. The van der Waals surface area contributed by atoms with Gasteiger partial charge in [0.2, 0.25) is 0 Å². The lowest BCUT2D eigenvalue weighted by Crippen LogP contribution is -2.20. The minimum atomic E-state index is -0.345. The van der Waals surface area contributed by atoms with Crippen molar-refractivity contribution in [1.29, 1.82) is 0 Å². The average Bonchev–Trinajstić information content (AvgIpc) is 3.60. The summed E-state index contributed by atoms with van der Waals surface area (Å²) < 4.78 is 13.3. The molecule has 0 bridgehead atoms. The van der Waals surface area contributed by atoms with E-state index in [4.69, 9.17) is 14.5 Å². The van der Waals surface area contributed by atoms with E-state index in [2.05, 4.69) is 25.6 Å². The number of fused-ring (bicyclic) bond motifs is 1. The van der Waals surface area contributed by atoms with Crippen molar-refractivity contribution >= 4 is 32.7 Å². The molecule has 0 spiro atoms. The van der Waals surface area contributed by atoms with Crippen LogP contribution in [0, 0.1) is 0 Å². The number of aromatic nitrogens is 6. The zero-order chi connectivity index (χ0) is 25.2. The number of hydrogen-bond acceptors (Lipinski definition) is 9. The van der Waals surface area contributed by atoms with Gasteiger partial charge in [0, 0.05) is 23.9 Å². The maximum Gasteiger partial charge on any atom is 0.259 e. The van der Waals surface area contributed by atoms with Crippen molar-refractivity contribution in [3.8, 4) is 28.3 Å². The summed E-state index contributed by atoms with van der Waals surface area (Å²) in [5, 5.41) is 15.7. The molecule has 0 saturated carbocycles. The number of methoxy groups -OCH3 is 1. The lowest BCUT2D eigenvalue weighted by molar-refractivity contribution is -0.0384. The van der Waals surface area contributed by atoms with Crippen LogP contribution in [0.1, 0.15) is 35.8 Å². The first-order valence-corrected chi connectivity index (χ1v) is 12.7. The lowest BCUT2D eigenvalue weighted by atomic mass is 10.0. The summed E-state index contributed by atoms with van der Waals surface area (Å²) in [7, 11) is 1.59. The molecule has 0 radical (unpaired) electrons. The van der Waals surface area contributed by atoms with Gasteiger partial charge >= 0.3 is 0 Å². The summed E-state index contributed by atoms with van der Waals surface area (Å²) in [5.74, 6) is 0.293. The molecule has 1 aliphatic heterocycles. The summed E-state index contributed by atoms with van der Waals surface area (Å²) in [4.78, 5) is 23.3. The number of anilines is 1. The summed E-state index contributed by atoms with van der Waals surface area (Å²) in [5.41, 5.74) is 4.09. The third kappa shape index (κ3) is 4.54. The highest BCUT2D eigenvalue weighted by molar-refractivity contribution is 7.22. The van der Waals surface area contributed by atoms with Crippen LogP contribution in [0.5, 0.6) is 5.75 Å². The van der Waals surface area contributed by atoms with Gasteiger partial charge in [-0.25, -0.2) is 14.6 Å². The van der Waals surface area contributed by atoms with Crippen LogP contribution in [0.25, 0.3) is 32.9 Å². The van der Waals surface area contributed by atoms with Crippen molar-refractivity contribution in [1.82, 2.24) is 29.9 Å². The second-order valence-electron chi connectivity index (χ2n) is 8.49. The van der Waals surface area contributed by atoms with Crippen LogP contribution in [-0.2, 0) is 4.74 Å². The zero-order valence-electron chi connectivity index (χ0n) is 20.0. The first-order valence-electron chi connectivity index (χ1n) is 11.9. The normalized spacial score (nSPS) is 15.5. The standard InChI is InChI=1S/C26H23N7O3S/c1-35-22-7-3-2-6-16(22)17-14-27-28-15-18(17)24(34)32-26-31-20-10-9-19(30-25(20)37-26)21-11-12-29-33(21)23-8-4-5-13-36-23/h2-3,6-7,9-12,14-15,23H,4-5,8,13H2,1H3,(H,31,32,34). The Morgan fingerprint density at radius 3 is 2.84 bits per heavy atom. The number of amides is 1. The highest BCUT2D eigenvalue weighted by atomic mass is 32.1. The third-order valence-corrected chi connectivity index (χ3v) is 7.09. The van der Waals surface area contributed by atoms with E-state index in [9.17, 15) is 4.79 Å². The topological polar surface area (TPSA) is 117 Å². The molecule has 1 unspecified atom stereocenters. The number of benzene rings is 1. The van der Waals surface area contributed by atoms with Crippen LogP contribution in [0.15, 0.2) is 61.1 Å². The Morgan fingerprint density at radius 2 is 1.97 bits per heavy atom. The van der Waals surface area contributed by atoms with E-state index < -0.39 is 0 Å². The Bertz CT molecular complexity index is 1580. The van der Waals surface area contributed by atoms with E-state index in [-0.39, 0.29) is 12.1 Å². The summed E-state index contributed by atoms with van der Waals surface area (Å²) in [6.45, 7) is 0.736. The molecule has 1 aromatic carbocycles. The molecule has 37 heavy (non-hydrogen) atoms. The van der Waals surface area contributed by atoms with Crippen LogP contribution in [0.2, 0.25) is 0 Å². The highest BCUT2D eigenvalue weighted by Crippen LogP contribution is 2.33. The fraction of sp³-hybridized carbons (Fsp3) is 0.231. The first kappa shape index (κ1) is 23.2. The van der Waals surface area contributed by atoms with Crippen molar-refractivity contribution < 1.29 is 14.3 Å². The van der Waals surface area contributed by atoms with Gasteiger partial charge in [-0.15, -0.1) is 0 Å². The van der Waals surface area contributed by atoms with Crippen molar-refractivity contribution in [2.75, 3.05) is 19.0 Å². The molecule has 1 amide bonds. The monoisotopic (exact) mass is 513 g/mol. The Kier molecular flexibility index (Phi) is 6.29. The van der Waals surface area contributed by atoms with Gasteiger partial charge in [0.1, 0.15) is 16.1 Å². The van der Waals surface area contributed by atoms with E-state index in [0.717, 1.165) is 42.8 Å². The molecule has 5 heterocycles. The van der Waals surface area contributed by atoms with Crippen molar-refractivity contribution in [3.63, 3.8) is 0 Å². The van der Waals surface area contributed by atoms with E-state index in [1.54, 1.807) is 19.5 Å². The molecule has 6 rings (SSSR count). The van der Waals surface area contributed by atoms with E-state index in [1.165, 1.54) is 17.5 Å². The Morgan fingerprint density at radius 1 is 1.08 bits per heavy atom. The molecular formula is C26H23N7O3S. The number of hydrogen-bond donors (Lipinski definition) is 1. The molecule has 1 fully saturated rings. The van der Waals surface area contributed by atoms with E-state index >= 15 is 0 Å². The van der Waals surface area contributed by atoms with Gasteiger partial charge < -0.3 is 9.47 Å². The molecule has 11 heteroatoms. The summed E-state index contributed by atoms with van der Waals surface area (Å²) in [6, 6.07) is 13.2. The van der Waals surface area contributed by atoms with Crippen molar-refractivity contribution in [3.05, 3.63) is 66.6 Å². The molecule has 4 aromatic heterocycles. The van der Waals surface area contributed by atoms with Crippen LogP contribution in [-0.4, -0.2) is 49.6 Å². The summed E-state index contributed by atoms with van der Waals surface area (Å²) >= 11 is 1.31. The molecule has 1 aliphatic rings. The van der Waals surface area contributed by atoms with Gasteiger partial charge in [-0.3, -0.25) is 10.1 Å². The number of carbonyl (C=O) groups is 1. The van der Waals surface area contributed by atoms with Gasteiger partial charge in [-0.2, -0.15) is 15.3 Å². The van der Waals surface area contributed by atoms with E-state index in [1.807, 2.05) is 47.1 Å². The van der Waals surface area contributed by atoms with Gasteiger partial charge in [0.05, 0.1) is 36.5 Å². The quantitative estimate of drug-likeness (QED) is 0.338. The van der Waals surface area contributed by atoms with Gasteiger partial charge in [-0.1, -0.05) is 29.5 Å². The predicted octanol–water partition coefficient (Wildman–Crippen LogP) is 4.97. The first-order chi connectivity index (χ1) is 18.2. The van der Waals surface area contributed by atoms with Gasteiger partial charge in [0.15, 0.2) is 11.4 Å². The molecular weight excluding hydrogens is 490 g/mol. The van der Waals surface area contributed by atoms with Gasteiger partial charge in [0.25, 0.3) is 5.91 Å². The second-order valence-corrected chi connectivity index (χ2v) is 9.47. The molecule has 10 nitrogen and oxygen atoms in total. The maximum atomic E-state index is 13.3. The Balaban J connectivity index is 1.28. The zero-order valence-corrected chi connectivity index (χ0v) is 20.8. The predicted molar refractivity (Wildman–Crippen MR) is 139 cm³/mol. The molecule has 1 saturated heterocycles. The highest BCUT2D eigenvalue weighted by Gasteiger charge is 2.21. The fourth-order valence-corrected chi connectivity index (χ4v) is 5.26. The molecule has 1 atom stereocenters. The number of pyridine rings is 1. The van der Waals surface area contributed by atoms with Crippen LogP contribution >= 0.6 is 11.3 Å². The summed E-state index contributed by atoms with van der Waals surface area (Å²) in [6.07, 6.45) is 7.78. The van der Waals surface area contributed by atoms with Crippen LogP contribution < -0.4 is 10.1 Å². The van der Waals surface area contributed by atoms with Gasteiger partial charge in [-0.05, 0) is 43.5 Å². The maximum absolute atomic E-state index is 13.3. The number of rotatable bonds is 6. The Labute approximate surface area is 216 Å². The fourth-order valence-electron chi connectivity index (χ4n) is 4.42. The molecule has 1 N–H and O–H groups in total. The average molecular weight is 514 g/mol. The number of thiazole rings is 1. The minimum absolute atomic E-state index is 0.0843. The lowest BCUT2D eigenvalue weighted by Gasteiger charge is -2.24. The van der Waals surface area contributed by atoms with Crippen LogP contribution in [0.4, 0.5) is 5.13 Å². The molecule has 186 valence electrons. The van der Waals surface area contributed by atoms with Crippen molar-refractivity contribution in [2.45, 2.75) is 25.5 Å². The third-order valence-electron chi connectivity index (χ3n) is 6.21. The van der Waals surface area contributed by atoms with Crippen LogP contribution in [0.3, 0.4) is 0 Å². The molecule has 5 aromatic rings. The SMILES string of the molecule is COc1ccccc1-c1cnncc1C(=O)Nc1nc2ccc(-c3ccnn3C3CCCCO3)nc2s1. The number of para-hydroxylation sites is 1. The second kappa shape index (κ2) is 10.0. The number of nitrogens with zero attached hydrogens (tertiary/aromatic N) is 6. The molecule has 0 aliphatic carbocycles. The Hall–Kier alpha value is -4.22. The number of carbonyl (C=O) groups excluding carboxylic acids is 1. The minimum Gasteiger partial charge on any atom is -0.496 e. The number of nitrogens with one attached hydrogen (secondary N) is 1. The largest absolute Gasteiger partial charge is 0.496 e.